The lowest BCUT2D eigenvalue weighted by molar-refractivity contribution is -0.279. The standard InChI is InChI=1S/C24H25IO9/c1-14(26)29-21-20(13-25)34-24(23(31-16(3)28)22(21)30-15(2)27)33-19-11-9-18(10-12-19)32-17-7-5-4-6-8-17/h4-12,20-24H,13H2,1-3H3/t20-,21-,22+,23-,24-/m1/s1. The van der Waals surface area contributed by atoms with Crippen molar-refractivity contribution in [2.24, 2.45) is 0 Å². The van der Waals surface area contributed by atoms with Crippen LogP contribution in [0.25, 0.3) is 0 Å². The molecule has 0 radical (unpaired) electrons. The van der Waals surface area contributed by atoms with Crippen LogP contribution < -0.4 is 9.47 Å². The molecule has 0 spiro atoms. The van der Waals surface area contributed by atoms with E-state index in [9.17, 15) is 14.4 Å². The van der Waals surface area contributed by atoms with E-state index in [4.69, 9.17) is 28.4 Å². The van der Waals surface area contributed by atoms with Crippen molar-refractivity contribution in [2.75, 3.05) is 4.43 Å². The summed E-state index contributed by atoms with van der Waals surface area (Å²) in [5, 5.41) is 0. The lowest BCUT2D eigenvalue weighted by Gasteiger charge is -2.43. The molecule has 3 rings (SSSR count). The number of rotatable bonds is 8. The number of hydrogen-bond acceptors (Lipinski definition) is 9. The van der Waals surface area contributed by atoms with Crippen molar-refractivity contribution >= 4 is 40.5 Å². The molecule has 34 heavy (non-hydrogen) atoms. The van der Waals surface area contributed by atoms with Crippen LogP contribution in [0.3, 0.4) is 0 Å². The maximum Gasteiger partial charge on any atom is 0.303 e. The predicted molar refractivity (Wildman–Crippen MR) is 128 cm³/mol. The Morgan fingerprint density at radius 3 is 1.79 bits per heavy atom. The van der Waals surface area contributed by atoms with E-state index in [1.807, 2.05) is 30.3 Å². The number of alkyl halides is 1. The molecule has 1 fully saturated rings. The van der Waals surface area contributed by atoms with Gasteiger partial charge in [0.25, 0.3) is 0 Å². The molecule has 182 valence electrons. The molecule has 0 amide bonds. The third kappa shape index (κ3) is 7.07. The van der Waals surface area contributed by atoms with Gasteiger partial charge in [0, 0.05) is 25.2 Å². The van der Waals surface area contributed by atoms with Crippen LogP contribution in [0, 0.1) is 0 Å². The molecular formula is C24H25IO9. The van der Waals surface area contributed by atoms with Crippen molar-refractivity contribution in [3.8, 4) is 17.2 Å². The van der Waals surface area contributed by atoms with Gasteiger partial charge in [-0.2, -0.15) is 0 Å². The Balaban J connectivity index is 1.83. The third-order valence-corrected chi connectivity index (χ3v) is 5.57. The monoisotopic (exact) mass is 584 g/mol. The Labute approximate surface area is 210 Å². The molecule has 0 N–H and O–H groups in total. The zero-order chi connectivity index (χ0) is 24.7. The van der Waals surface area contributed by atoms with Crippen LogP contribution in [-0.2, 0) is 33.3 Å². The lowest BCUT2D eigenvalue weighted by Crippen LogP contribution is -2.63. The molecule has 1 aliphatic rings. The van der Waals surface area contributed by atoms with Crippen molar-refractivity contribution < 1.29 is 42.8 Å². The first kappa shape index (κ1) is 25.8. The Morgan fingerprint density at radius 1 is 0.735 bits per heavy atom. The van der Waals surface area contributed by atoms with E-state index in [-0.39, 0.29) is 0 Å². The molecular weight excluding hydrogens is 559 g/mol. The maximum absolute atomic E-state index is 11.8. The number of carbonyl (C=O) groups is 3. The number of benzene rings is 2. The highest BCUT2D eigenvalue weighted by Gasteiger charge is 2.52. The minimum atomic E-state index is -1.18. The molecule has 1 aliphatic heterocycles. The molecule has 0 aromatic heterocycles. The van der Waals surface area contributed by atoms with Crippen LogP contribution in [-0.4, -0.2) is 53.0 Å². The SMILES string of the molecule is CC(=O)O[C@@H]1[C@@H](OC(C)=O)[C@H](Oc2ccc(Oc3ccccc3)cc2)O[C@H](CI)[C@H]1OC(C)=O. The smallest absolute Gasteiger partial charge is 0.303 e. The van der Waals surface area contributed by atoms with Crippen LogP contribution in [0.15, 0.2) is 54.6 Å². The average molecular weight is 584 g/mol. The van der Waals surface area contributed by atoms with E-state index in [1.54, 1.807) is 24.3 Å². The van der Waals surface area contributed by atoms with Crippen LogP contribution >= 0.6 is 22.6 Å². The zero-order valence-corrected chi connectivity index (χ0v) is 21.0. The lowest BCUT2D eigenvalue weighted by atomic mass is 9.99. The van der Waals surface area contributed by atoms with E-state index in [0.29, 0.717) is 21.7 Å². The first-order valence-corrected chi connectivity index (χ1v) is 12.0. The summed E-state index contributed by atoms with van der Waals surface area (Å²) in [6, 6.07) is 16.1. The highest BCUT2D eigenvalue weighted by Crippen LogP contribution is 2.32. The van der Waals surface area contributed by atoms with Crippen LogP contribution in [0.2, 0.25) is 0 Å². The first-order valence-electron chi connectivity index (χ1n) is 10.5. The first-order chi connectivity index (χ1) is 16.3. The summed E-state index contributed by atoms with van der Waals surface area (Å²) in [7, 11) is 0. The number of hydrogen-bond donors (Lipinski definition) is 0. The number of carbonyl (C=O) groups excluding carboxylic acids is 3. The van der Waals surface area contributed by atoms with Crippen molar-refractivity contribution in [3.05, 3.63) is 54.6 Å². The number of ether oxygens (including phenoxy) is 6. The minimum absolute atomic E-state index is 0.393. The van der Waals surface area contributed by atoms with Gasteiger partial charge in [0.05, 0.1) is 0 Å². The second-order valence-electron chi connectivity index (χ2n) is 7.42. The maximum atomic E-state index is 11.8. The fourth-order valence-corrected chi connectivity index (χ4v) is 4.13. The summed E-state index contributed by atoms with van der Waals surface area (Å²) in [6.07, 6.45) is -5.08. The zero-order valence-electron chi connectivity index (χ0n) is 18.8. The van der Waals surface area contributed by atoms with Gasteiger partial charge in [0.2, 0.25) is 12.4 Å². The quantitative estimate of drug-likeness (QED) is 0.198. The number of esters is 3. The molecule has 2 aromatic carbocycles. The summed E-state index contributed by atoms with van der Waals surface area (Å²) < 4.78 is 34.4. The second kappa shape index (κ2) is 12.0. The van der Waals surface area contributed by atoms with E-state index < -0.39 is 48.6 Å². The van der Waals surface area contributed by atoms with Gasteiger partial charge in [-0.25, -0.2) is 0 Å². The number of halogens is 1. The molecule has 5 atom stereocenters. The molecule has 0 unspecified atom stereocenters. The number of para-hydroxylation sites is 1. The van der Waals surface area contributed by atoms with E-state index in [1.165, 1.54) is 20.8 Å². The Morgan fingerprint density at radius 2 is 1.24 bits per heavy atom. The van der Waals surface area contributed by atoms with Crippen LogP contribution in [0.5, 0.6) is 17.2 Å². The fourth-order valence-electron chi connectivity index (χ4n) is 3.42. The Hall–Kier alpha value is -2.86. The van der Waals surface area contributed by atoms with Crippen molar-refractivity contribution in [2.45, 2.75) is 51.5 Å². The summed E-state index contributed by atoms with van der Waals surface area (Å²) in [5.41, 5.74) is 0. The third-order valence-electron chi connectivity index (χ3n) is 4.70. The van der Waals surface area contributed by atoms with Crippen molar-refractivity contribution in [1.82, 2.24) is 0 Å². The van der Waals surface area contributed by atoms with Gasteiger partial charge >= 0.3 is 17.9 Å². The van der Waals surface area contributed by atoms with Crippen molar-refractivity contribution in [3.63, 3.8) is 0 Å². The Bertz CT molecular complexity index is 980. The van der Waals surface area contributed by atoms with E-state index >= 15 is 0 Å². The van der Waals surface area contributed by atoms with Gasteiger partial charge in [-0.3, -0.25) is 14.4 Å². The molecule has 0 saturated carbocycles. The van der Waals surface area contributed by atoms with Gasteiger partial charge in [-0.15, -0.1) is 0 Å². The summed E-state index contributed by atoms with van der Waals surface area (Å²) in [4.78, 5) is 35.4. The molecule has 10 heteroatoms. The van der Waals surface area contributed by atoms with Gasteiger partial charge in [0.15, 0.2) is 12.2 Å². The predicted octanol–water partition coefficient (Wildman–Crippen LogP) is 3.81. The normalized spacial score (nSPS) is 23.9. The molecule has 2 aromatic rings. The van der Waals surface area contributed by atoms with Crippen molar-refractivity contribution in [1.29, 1.82) is 0 Å². The van der Waals surface area contributed by atoms with Gasteiger partial charge in [-0.05, 0) is 36.4 Å². The second-order valence-corrected chi connectivity index (χ2v) is 8.30. The van der Waals surface area contributed by atoms with E-state index in [0.717, 1.165) is 0 Å². The molecule has 0 bridgehead atoms. The highest BCUT2D eigenvalue weighted by molar-refractivity contribution is 14.1. The van der Waals surface area contributed by atoms with Gasteiger partial charge in [0.1, 0.15) is 23.4 Å². The van der Waals surface area contributed by atoms with Crippen LogP contribution in [0.1, 0.15) is 20.8 Å². The molecule has 1 heterocycles. The summed E-state index contributed by atoms with van der Waals surface area (Å²) in [5.74, 6) is -0.169. The largest absolute Gasteiger partial charge is 0.461 e. The Kier molecular flexibility index (Phi) is 9.11. The minimum Gasteiger partial charge on any atom is -0.461 e. The molecule has 1 saturated heterocycles. The van der Waals surface area contributed by atoms with Gasteiger partial charge in [-0.1, -0.05) is 40.8 Å². The molecule has 0 aliphatic carbocycles. The summed E-state index contributed by atoms with van der Waals surface area (Å²) in [6.45, 7) is 3.66. The fraction of sp³-hybridized carbons (Fsp3) is 0.375. The van der Waals surface area contributed by atoms with Gasteiger partial charge < -0.3 is 28.4 Å². The van der Waals surface area contributed by atoms with Crippen LogP contribution in [0.4, 0.5) is 0 Å². The average Bonchev–Trinajstić information content (AvgIpc) is 2.78. The molecule has 9 nitrogen and oxygen atoms in total. The highest BCUT2D eigenvalue weighted by atomic mass is 127. The van der Waals surface area contributed by atoms with E-state index in [2.05, 4.69) is 22.6 Å². The summed E-state index contributed by atoms with van der Waals surface area (Å²) >= 11 is 2.06. The topological polar surface area (TPSA) is 107 Å².